The van der Waals surface area contributed by atoms with Crippen LogP contribution < -0.4 is 4.74 Å². The smallest absolute Gasteiger partial charge is 0.152 e. The van der Waals surface area contributed by atoms with Gasteiger partial charge in [0.1, 0.15) is 16.8 Å². The second-order valence-corrected chi connectivity index (χ2v) is 6.94. The van der Waals surface area contributed by atoms with Crippen molar-refractivity contribution in [1.82, 2.24) is 4.98 Å². The Morgan fingerprint density at radius 2 is 1.88 bits per heavy atom. The Balaban J connectivity index is 1.94. The largest absolute Gasteiger partial charge is 0.505 e. The molecule has 3 rings (SSSR count). The number of ether oxygens (including phenoxy) is 1. The molecule has 1 aromatic heterocycles. The summed E-state index contributed by atoms with van der Waals surface area (Å²) in [6.07, 6.45) is 1.63. The summed E-state index contributed by atoms with van der Waals surface area (Å²) in [5, 5.41) is 21.9. The SMILES string of the molecule is COc1ccc(-c2csc(C(C#N)=Cc3cc(Cl)c(O)c(Cl)c3)n2)cc1. The van der Waals surface area contributed by atoms with Gasteiger partial charge in [0, 0.05) is 10.9 Å². The van der Waals surface area contributed by atoms with E-state index < -0.39 is 0 Å². The number of nitriles is 1. The Hall–Kier alpha value is -2.52. The standard InChI is InChI=1S/C19H12Cl2N2O2S/c1-25-14-4-2-12(3-5-14)17-10-26-19(23-17)13(9-22)6-11-7-15(20)18(24)16(21)8-11/h2-8,10,24H,1H3. The summed E-state index contributed by atoms with van der Waals surface area (Å²) in [4.78, 5) is 4.54. The van der Waals surface area contributed by atoms with E-state index in [4.69, 9.17) is 27.9 Å². The van der Waals surface area contributed by atoms with E-state index in [9.17, 15) is 10.4 Å². The first kappa shape index (κ1) is 18.3. The molecule has 0 aliphatic rings. The Kier molecular flexibility index (Phi) is 5.48. The van der Waals surface area contributed by atoms with Crippen LogP contribution in [0.4, 0.5) is 0 Å². The molecule has 0 radical (unpaired) electrons. The summed E-state index contributed by atoms with van der Waals surface area (Å²) in [6.45, 7) is 0. The fraction of sp³-hybridized carbons (Fsp3) is 0.0526. The molecule has 0 aliphatic heterocycles. The highest BCUT2D eigenvalue weighted by Crippen LogP contribution is 2.34. The Labute approximate surface area is 164 Å². The van der Waals surface area contributed by atoms with Gasteiger partial charge in [-0.3, -0.25) is 0 Å². The van der Waals surface area contributed by atoms with Crippen LogP contribution in [0, 0.1) is 11.3 Å². The maximum absolute atomic E-state index is 9.64. The molecule has 0 aliphatic carbocycles. The monoisotopic (exact) mass is 402 g/mol. The van der Waals surface area contributed by atoms with Crippen molar-refractivity contribution in [2.45, 2.75) is 0 Å². The number of phenolic OH excluding ortho intramolecular Hbond substituents is 1. The van der Waals surface area contributed by atoms with E-state index in [1.54, 1.807) is 13.2 Å². The van der Waals surface area contributed by atoms with Gasteiger partial charge in [-0.1, -0.05) is 23.2 Å². The van der Waals surface area contributed by atoms with Crippen molar-refractivity contribution in [3.8, 4) is 28.8 Å². The van der Waals surface area contributed by atoms with Gasteiger partial charge in [0.2, 0.25) is 0 Å². The minimum Gasteiger partial charge on any atom is -0.505 e. The van der Waals surface area contributed by atoms with Crippen molar-refractivity contribution in [2.24, 2.45) is 0 Å². The third kappa shape index (κ3) is 3.83. The minimum absolute atomic E-state index is 0.124. The van der Waals surface area contributed by atoms with E-state index in [1.807, 2.05) is 29.6 Å². The molecule has 0 fully saturated rings. The summed E-state index contributed by atoms with van der Waals surface area (Å²) in [7, 11) is 1.61. The van der Waals surface area contributed by atoms with Crippen molar-refractivity contribution in [3.63, 3.8) is 0 Å². The first-order chi connectivity index (χ1) is 12.5. The Morgan fingerprint density at radius 1 is 1.23 bits per heavy atom. The average molecular weight is 403 g/mol. The molecule has 4 nitrogen and oxygen atoms in total. The lowest BCUT2D eigenvalue weighted by molar-refractivity contribution is 0.415. The number of methoxy groups -OCH3 is 1. The molecule has 3 aromatic rings. The van der Waals surface area contributed by atoms with Crippen LogP contribution in [-0.2, 0) is 0 Å². The predicted octanol–water partition coefficient (Wildman–Crippen LogP) is 5.90. The Bertz CT molecular complexity index is 998. The molecule has 2 aromatic carbocycles. The highest BCUT2D eigenvalue weighted by molar-refractivity contribution is 7.11. The first-order valence-electron chi connectivity index (χ1n) is 7.42. The van der Waals surface area contributed by atoms with Crippen LogP contribution in [0.1, 0.15) is 10.6 Å². The van der Waals surface area contributed by atoms with Crippen LogP contribution in [0.15, 0.2) is 41.8 Å². The van der Waals surface area contributed by atoms with Crippen molar-refractivity contribution < 1.29 is 9.84 Å². The number of phenols is 1. The molecular formula is C19H12Cl2N2O2S. The van der Waals surface area contributed by atoms with E-state index in [0.717, 1.165) is 17.0 Å². The van der Waals surface area contributed by atoms with E-state index in [1.165, 1.54) is 23.5 Å². The highest BCUT2D eigenvalue weighted by atomic mass is 35.5. The molecule has 0 saturated carbocycles. The van der Waals surface area contributed by atoms with Gasteiger partial charge in [-0.15, -0.1) is 11.3 Å². The maximum atomic E-state index is 9.64. The molecule has 0 amide bonds. The summed E-state index contributed by atoms with van der Waals surface area (Å²) in [6, 6.07) is 12.8. The van der Waals surface area contributed by atoms with Crippen molar-refractivity contribution in [1.29, 1.82) is 5.26 Å². The fourth-order valence-electron chi connectivity index (χ4n) is 2.27. The number of nitrogens with zero attached hydrogens (tertiary/aromatic N) is 2. The van der Waals surface area contributed by atoms with Gasteiger partial charge in [-0.25, -0.2) is 4.98 Å². The second-order valence-electron chi connectivity index (χ2n) is 5.27. The molecule has 0 bridgehead atoms. The molecule has 0 atom stereocenters. The highest BCUT2D eigenvalue weighted by Gasteiger charge is 2.11. The number of benzene rings is 2. The zero-order valence-corrected chi connectivity index (χ0v) is 15.9. The normalized spacial score (nSPS) is 11.2. The molecule has 0 saturated heterocycles. The lowest BCUT2D eigenvalue weighted by Crippen LogP contribution is -1.85. The summed E-state index contributed by atoms with van der Waals surface area (Å²) in [5.74, 6) is 0.586. The summed E-state index contributed by atoms with van der Waals surface area (Å²) in [5.41, 5.74) is 2.69. The average Bonchev–Trinajstić information content (AvgIpc) is 3.14. The fourth-order valence-corrected chi connectivity index (χ4v) is 3.57. The first-order valence-corrected chi connectivity index (χ1v) is 9.05. The van der Waals surface area contributed by atoms with E-state index >= 15 is 0 Å². The van der Waals surface area contributed by atoms with Crippen molar-refractivity contribution >= 4 is 46.2 Å². The second kappa shape index (κ2) is 7.79. The summed E-state index contributed by atoms with van der Waals surface area (Å²) >= 11 is 13.2. The number of hydrogen-bond donors (Lipinski definition) is 1. The predicted molar refractivity (Wildman–Crippen MR) is 106 cm³/mol. The van der Waals surface area contributed by atoms with E-state index in [-0.39, 0.29) is 15.8 Å². The van der Waals surface area contributed by atoms with Gasteiger partial charge in [-0.2, -0.15) is 5.26 Å². The summed E-state index contributed by atoms with van der Waals surface area (Å²) < 4.78 is 5.15. The number of aromatic nitrogens is 1. The van der Waals surface area contributed by atoms with Gasteiger partial charge in [0.25, 0.3) is 0 Å². The van der Waals surface area contributed by atoms with Gasteiger partial charge in [-0.05, 0) is 48.0 Å². The zero-order chi connectivity index (χ0) is 18.7. The van der Waals surface area contributed by atoms with E-state index in [0.29, 0.717) is 16.1 Å². The van der Waals surface area contributed by atoms with Crippen LogP contribution in [0.2, 0.25) is 10.0 Å². The third-order valence-corrected chi connectivity index (χ3v) is 5.04. The quantitative estimate of drug-likeness (QED) is 0.551. The zero-order valence-electron chi connectivity index (χ0n) is 13.5. The van der Waals surface area contributed by atoms with E-state index in [2.05, 4.69) is 11.1 Å². The Morgan fingerprint density at radius 3 is 2.46 bits per heavy atom. The lowest BCUT2D eigenvalue weighted by atomic mass is 10.1. The van der Waals surface area contributed by atoms with Gasteiger partial charge in [0.05, 0.1) is 28.4 Å². The van der Waals surface area contributed by atoms with Gasteiger partial charge < -0.3 is 9.84 Å². The van der Waals surface area contributed by atoms with Crippen molar-refractivity contribution in [3.05, 3.63) is 62.4 Å². The third-order valence-electron chi connectivity index (χ3n) is 3.59. The molecule has 26 heavy (non-hydrogen) atoms. The van der Waals surface area contributed by atoms with Crippen molar-refractivity contribution in [2.75, 3.05) is 7.11 Å². The lowest BCUT2D eigenvalue weighted by Gasteiger charge is -2.02. The molecule has 1 heterocycles. The van der Waals surface area contributed by atoms with Crippen LogP contribution >= 0.6 is 34.5 Å². The maximum Gasteiger partial charge on any atom is 0.152 e. The molecule has 1 N–H and O–H groups in total. The minimum atomic E-state index is -0.181. The van der Waals surface area contributed by atoms with Crippen LogP contribution in [-0.4, -0.2) is 17.2 Å². The molecule has 7 heteroatoms. The van der Waals surface area contributed by atoms with Gasteiger partial charge in [0.15, 0.2) is 5.75 Å². The molecular weight excluding hydrogens is 391 g/mol. The molecule has 0 spiro atoms. The number of rotatable bonds is 4. The van der Waals surface area contributed by atoms with Crippen LogP contribution in [0.5, 0.6) is 11.5 Å². The number of aromatic hydroxyl groups is 1. The topological polar surface area (TPSA) is 66.1 Å². The number of allylic oxidation sites excluding steroid dienone is 1. The number of halogens is 2. The van der Waals surface area contributed by atoms with Crippen LogP contribution in [0.25, 0.3) is 22.9 Å². The number of hydrogen-bond acceptors (Lipinski definition) is 5. The molecule has 130 valence electrons. The van der Waals surface area contributed by atoms with Gasteiger partial charge >= 0.3 is 0 Å². The molecule has 0 unspecified atom stereocenters. The number of thiazole rings is 1. The van der Waals surface area contributed by atoms with Crippen LogP contribution in [0.3, 0.4) is 0 Å².